The van der Waals surface area contributed by atoms with Crippen molar-refractivity contribution in [2.45, 2.75) is 180 Å². The van der Waals surface area contributed by atoms with Gasteiger partial charge >= 0.3 is 0 Å². The van der Waals surface area contributed by atoms with Crippen LogP contribution in [0.3, 0.4) is 0 Å². The largest absolute Gasteiger partial charge is 0.396 e. The highest BCUT2D eigenvalue weighted by molar-refractivity contribution is 5.98. The molecular weight excluding hydrogens is 1120 g/mol. The minimum atomic E-state index is -0.757. The van der Waals surface area contributed by atoms with E-state index in [9.17, 15) is 28.8 Å². The number of piperazine rings is 1. The van der Waals surface area contributed by atoms with E-state index in [4.69, 9.17) is 14.6 Å². The average molecular weight is 1220 g/mol. The van der Waals surface area contributed by atoms with Crippen LogP contribution in [0.25, 0.3) is 10.8 Å². The molecule has 3 aromatic carbocycles. The number of rotatable bonds is 17. The number of fused-ring (bicyclic) bond motifs is 1. The van der Waals surface area contributed by atoms with Crippen molar-refractivity contribution in [2.24, 2.45) is 5.92 Å². The van der Waals surface area contributed by atoms with Crippen LogP contribution in [0.5, 0.6) is 0 Å². The molecule has 10 rings (SSSR count). The molecule has 6 aliphatic rings. The van der Waals surface area contributed by atoms with Crippen molar-refractivity contribution >= 4 is 47.1 Å². The number of aromatic amines is 1. The monoisotopic (exact) mass is 1220 g/mol. The van der Waals surface area contributed by atoms with Gasteiger partial charge in [-0.3, -0.25) is 33.7 Å². The molecule has 0 bridgehead atoms. The molecule has 18 nitrogen and oxygen atoms in total. The number of nitrogens with one attached hydrogen (secondary N) is 3. The van der Waals surface area contributed by atoms with Crippen molar-refractivity contribution in [1.82, 2.24) is 45.3 Å². The van der Waals surface area contributed by atoms with Crippen LogP contribution < -0.4 is 16.2 Å². The highest BCUT2D eigenvalue weighted by Crippen LogP contribution is 2.32. The van der Waals surface area contributed by atoms with E-state index in [1.165, 1.54) is 25.0 Å². The Labute approximate surface area is 519 Å². The number of carbonyl (C=O) groups excluding carboxylic acids is 6. The van der Waals surface area contributed by atoms with Gasteiger partial charge in [0.1, 0.15) is 24.5 Å². The summed E-state index contributed by atoms with van der Waals surface area (Å²) < 4.78 is 37.2. The summed E-state index contributed by atoms with van der Waals surface area (Å²) in [6, 6.07) is 16.0. The first-order valence-electron chi connectivity index (χ1n) is 32.7. The number of H-pyrrole nitrogens is 1. The number of ether oxygens (including phenoxy) is 1. The van der Waals surface area contributed by atoms with E-state index in [0.29, 0.717) is 113 Å². The number of carbonyl (C=O) groups is 6. The molecule has 5 heterocycles. The molecule has 1 aromatic heterocycles. The molecular formula is C68H99F2N9O9. The van der Waals surface area contributed by atoms with Crippen molar-refractivity contribution in [3.8, 4) is 0 Å². The number of benzene rings is 3. The maximum absolute atomic E-state index is 15.5. The molecule has 4 aromatic rings. The smallest absolute Gasteiger partial charge is 0.272 e. The normalized spacial score (nSPS) is 18.9. The fourth-order valence-corrected chi connectivity index (χ4v) is 12.2. The Morgan fingerprint density at radius 3 is 1.92 bits per heavy atom. The Hall–Kier alpha value is -6.48. The standard InChI is InChI=1S/C57H71F2N9O7.C4H10O.2C3H8.CH2O/c58-48-17-13-39(40-9-6-22-68(35-40)51(69)34-60-41-14-15-41)33-46(48)54(71)61-53(38-7-2-1-3-8-38)57(74)66-25-20-43(21-26-66)75-42-18-23-64(24-19-42)36-52(70)65-27-29-67(30-28-65)56(73)47-31-37(12-16-49(47)59)32-50-44-10-4-5-11-45(44)55(72)63-62-50;1-2-3-4-5;2*1-3-2;1-2/h4-5,10-13,16-17,31,33,38,40-43,53,60H,1-3,6-9,14-15,18-30,32,34-36H2,(H,61,71)(H,63,72);5H,2-4H2,1H3;2*3H2,1-2H3;1H2. The number of likely N-dealkylation sites (tertiary alicyclic amines) is 3. The predicted octanol–water partition coefficient (Wildman–Crippen LogP) is 8.81. The second-order valence-electron chi connectivity index (χ2n) is 24.3. The molecule has 2 aliphatic carbocycles. The van der Waals surface area contributed by atoms with E-state index in [1.807, 2.05) is 28.7 Å². The van der Waals surface area contributed by atoms with Crippen molar-refractivity contribution < 1.29 is 47.4 Å². The summed E-state index contributed by atoms with van der Waals surface area (Å²) >= 11 is 0. The number of unbranched alkanes of at least 4 members (excludes halogenated alkanes) is 1. The number of aliphatic hydroxyl groups is 1. The molecule has 4 saturated heterocycles. The first-order valence-corrected chi connectivity index (χ1v) is 32.7. The van der Waals surface area contributed by atoms with Crippen LogP contribution in [0.2, 0.25) is 0 Å². The van der Waals surface area contributed by atoms with E-state index in [1.54, 1.807) is 46.2 Å². The number of halogens is 2. The van der Waals surface area contributed by atoms with Gasteiger partial charge in [-0.2, -0.15) is 5.10 Å². The topological polar surface area (TPSA) is 218 Å². The molecule has 88 heavy (non-hydrogen) atoms. The first kappa shape index (κ1) is 70.6. The second-order valence-corrected chi connectivity index (χ2v) is 24.3. The Morgan fingerprint density at radius 2 is 1.30 bits per heavy atom. The summed E-state index contributed by atoms with van der Waals surface area (Å²) in [6.45, 7) is 18.4. The molecule has 5 amide bonds. The molecule has 20 heteroatoms. The summed E-state index contributed by atoms with van der Waals surface area (Å²) in [4.78, 5) is 97.9. The third-order valence-electron chi connectivity index (χ3n) is 17.1. The molecule has 0 radical (unpaired) electrons. The maximum atomic E-state index is 15.5. The van der Waals surface area contributed by atoms with Gasteiger partial charge in [-0.25, -0.2) is 13.9 Å². The highest BCUT2D eigenvalue weighted by Gasteiger charge is 2.38. The summed E-state index contributed by atoms with van der Waals surface area (Å²) in [6.07, 6.45) is 16.3. The zero-order valence-corrected chi connectivity index (χ0v) is 53.0. The number of hydrogen-bond acceptors (Lipinski definition) is 12. The van der Waals surface area contributed by atoms with Crippen LogP contribution in [0.1, 0.15) is 187 Å². The van der Waals surface area contributed by atoms with Gasteiger partial charge in [-0.05, 0) is 118 Å². The van der Waals surface area contributed by atoms with Crippen LogP contribution in [-0.4, -0.2) is 186 Å². The Morgan fingerprint density at radius 1 is 0.682 bits per heavy atom. The minimum absolute atomic E-state index is 0.00842. The van der Waals surface area contributed by atoms with Crippen molar-refractivity contribution in [3.05, 3.63) is 111 Å². The lowest BCUT2D eigenvalue weighted by Crippen LogP contribution is -2.55. The van der Waals surface area contributed by atoms with E-state index in [-0.39, 0.29) is 78.1 Å². The molecule has 2 saturated carbocycles. The molecule has 4 aliphatic heterocycles. The van der Waals surface area contributed by atoms with Crippen molar-refractivity contribution in [1.29, 1.82) is 0 Å². The fraction of sp³-hybridized carbons (Fsp3) is 0.618. The van der Waals surface area contributed by atoms with Crippen molar-refractivity contribution in [3.63, 3.8) is 0 Å². The number of piperidine rings is 3. The van der Waals surface area contributed by atoms with Crippen LogP contribution in [0, 0.1) is 17.6 Å². The molecule has 2 atom stereocenters. The molecule has 4 N–H and O–H groups in total. The molecule has 2 unspecified atom stereocenters. The van der Waals surface area contributed by atoms with Gasteiger partial charge in [-0.15, -0.1) is 0 Å². The van der Waals surface area contributed by atoms with E-state index < -0.39 is 29.5 Å². The summed E-state index contributed by atoms with van der Waals surface area (Å²) in [5.74, 6) is -2.37. The maximum Gasteiger partial charge on any atom is 0.272 e. The summed E-state index contributed by atoms with van der Waals surface area (Å²) in [5, 5.41) is 22.4. The van der Waals surface area contributed by atoms with Crippen LogP contribution in [-0.2, 0) is 30.3 Å². The third kappa shape index (κ3) is 20.8. The van der Waals surface area contributed by atoms with Crippen LogP contribution in [0.4, 0.5) is 8.78 Å². The third-order valence-corrected chi connectivity index (χ3v) is 17.1. The molecule has 6 fully saturated rings. The summed E-state index contributed by atoms with van der Waals surface area (Å²) in [5.41, 5.74) is 1.72. The molecule has 484 valence electrons. The average Bonchev–Trinajstić information content (AvgIpc) is 4.25. The Kier molecular flexibility index (Phi) is 29.6. The van der Waals surface area contributed by atoms with Gasteiger partial charge in [0.05, 0.1) is 47.5 Å². The quantitative estimate of drug-likeness (QED) is 0.0780. The number of aromatic nitrogens is 2. The van der Waals surface area contributed by atoms with Gasteiger partial charge in [-0.1, -0.05) is 103 Å². The second kappa shape index (κ2) is 36.9. The van der Waals surface area contributed by atoms with E-state index >= 15 is 8.78 Å². The number of hydrogen-bond donors (Lipinski definition) is 4. The highest BCUT2D eigenvalue weighted by atomic mass is 19.1. The number of aliphatic hydroxyl groups excluding tert-OH is 1. The Balaban J connectivity index is 0.000000873. The predicted molar refractivity (Wildman–Crippen MR) is 339 cm³/mol. The van der Waals surface area contributed by atoms with Gasteiger partial charge < -0.3 is 44.9 Å². The first-order chi connectivity index (χ1) is 42.7. The van der Waals surface area contributed by atoms with Crippen LogP contribution >= 0.6 is 0 Å². The zero-order chi connectivity index (χ0) is 63.5. The van der Waals surface area contributed by atoms with Crippen LogP contribution in [0.15, 0.2) is 65.5 Å². The number of amides is 5. The van der Waals surface area contributed by atoms with E-state index in [0.717, 1.165) is 89.0 Å². The van der Waals surface area contributed by atoms with Gasteiger partial charge in [0.2, 0.25) is 17.7 Å². The van der Waals surface area contributed by atoms with Gasteiger partial charge in [0.25, 0.3) is 17.4 Å². The fourth-order valence-electron chi connectivity index (χ4n) is 12.2. The minimum Gasteiger partial charge on any atom is -0.396 e. The molecule has 0 spiro atoms. The lowest BCUT2D eigenvalue weighted by Gasteiger charge is -2.40. The van der Waals surface area contributed by atoms with Gasteiger partial charge in [0, 0.05) is 95.8 Å². The summed E-state index contributed by atoms with van der Waals surface area (Å²) in [7, 11) is 0. The van der Waals surface area contributed by atoms with Gasteiger partial charge in [0.15, 0.2) is 0 Å². The number of nitrogens with zero attached hydrogens (tertiary/aromatic N) is 6. The van der Waals surface area contributed by atoms with E-state index in [2.05, 4.69) is 60.3 Å². The van der Waals surface area contributed by atoms with Crippen molar-refractivity contribution in [2.75, 3.05) is 85.1 Å². The SMILES string of the molecule is C=O.CCC.CCC.CCCCO.O=C(NC(C(=O)N1CCC(OC2CCN(CC(=O)N3CCN(C(=O)c4cc(Cc5n[nH]c(=O)c6ccccc56)ccc4F)CC3)CC2)CC1)C1CCCCC1)c1cc(C2CCCN(C(=O)CNC3CC3)C2)ccc1F. The lowest BCUT2D eigenvalue weighted by atomic mass is 9.83. The lowest BCUT2D eigenvalue weighted by molar-refractivity contribution is -0.140. The Bertz CT molecular complexity index is 2890. The zero-order valence-electron chi connectivity index (χ0n) is 53.0.